The highest BCUT2D eigenvalue weighted by Crippen LogP contribution is 2.27. The number of carbonyl (C=O) groups is 2. The van der Waals surface area contributed by atoms with Gasteiger partial charge in [0.2, 0.25) is 11.8 Å². The van der Waals surface area contributed by atoms with Crippen LogP contribution in [0.4, 0.5) is 0 Å². The van der Waals surface area contributed by atoms with Gasteiger partial charge in [0, 0.05) is 13.8 Å². The Labute approximate surface area is 87.1 Å². The van der Waals surface area contributed by atoms with Crippen LogP contribution in [0.15, 0.2) is 0 Å². The number of ether oxygens (including phenoxy) is 3. The largest absolute Gasteiger partial charge is 0.352 e. The molecule has 2 saturated heterocycles. The lowest BCUT2D eigenvalue weighted by molar-refractivity contribution is -0.163. The minimum absolute atomic E-state index is 0.170. The van der Waals surface area contributed by atoms with Crippen molar-refractivity contribution in [3.05, 3.63) is 0 Å². The van der Waals surface area contributed by atoms with Gasteiger partial charge in [0.1, 0.15) is 19.0 Å². The van der Waals surface area contributed by atoms with E-state index in [0.29, 0.717) is 6.61 Å². The first kappa shape index (κ1) is 10.5. The Hall–Kier alpha value is -0.980. The van der Waals surface area contributed by atoms with Gasteiger partial charge in [-0.15, -0.1) is 0 Å². The Morgan fingerprint density at radius 2 is 1.80 bits per heavy atom. The number of amides is 2. The second kappa shape index (κ2) is 3.88. The highest BCUT2D eigenvalue weighted by molar-refractivity contribution is 5.93. The van der Waals surface area contributed by atoms with Gasteiger partial charge in [0.25, 0.3) is 0 Å². The Bertz CT molecular complexity index is 278. The van der Waals surface area contributed by atoms with Crippen LogP contribution in [-0.4, -0.2) is 48.5 Å². The fourth-order valence-corrected chi connectivity index (χ4v) is 1.91. The maximum absolute atomic E-state index is 11.3. The molecule has 6 heteroatoms. The summed E-state index contributed by atoms with van der Waals surface area (Å²) in [7, 11) is 0. The van der Waals surface area contributed by atoms with Crippen molar-refractivity contribution in [2.45, 2.75) is 32.3 Å². The van der Waals surface area contributed by atoms with E-state index in [4.69, 9.17) is 14.2 Å². The van der Waals surface area contributed by atoms with Crippen molar-refractivity contribution >= 4 is 11.8 Å². The van der Waals surface area contributed by atoms with Gasteiger partial charge in [0.15, 0.2) is 6.23 Å². The lowest BCUT2D eigenvalue weighted by atomic mass is 10.2. The summed E-state index contributed by atoms with van der Waals surface area (Å²) >= 11 is 0. The Morgan fingerprint density at radius 1 is 1.13 bits per heavy atom. The van der Waals surface area contributed by atoms with Crippen molar-refractivity contribution < 1.29 is 23.8 Å². The maximum Gasteiger partial charge on any atom is 0.228 e. The molecule has 0 N–H and O–H groups in total. The second-order valence-corrected chi connectivity index (χ2v) is 3.59. The Kier molecular flexibility index (Phi) is 2.72. The third-order valence-corrected chi connectivity index (χ3v) is 2.55. The predicted octanol–water partition coefficient (Wildman–Crippen LogP) is -0.521. The molecule has 0 aromatic carbocycles. The number of fused-ring (bicyclic) bond motifs is 1. The van der Waals surface area contributed by atoms with Crippen LogP contribution >= 0.6 is 0 Å². The molecule has 2 rings (SSSR count). The van der Waals surface area contributed by atoms with Crippen LogP contribution in [0.2, 0.25) is 0 Å². The smallest absolute Gasteiger partial charge is 0.228 e. The van der Waals surface area contributed by atoms with Crippen molar-refractivity contribution in [1.82, 2.24) is 4.90 Å². The molecule has 0 aromatic heterocycles. The lowest BCUT2D eigenvalue weighted by Crippen LogP contribution is -2.48. The first-order valence-corrected chi connectivity index (χ1v) is 4.76. The molecule has 0 aromatic rings. The summed E-state index contributed by atoms with van der Waals surface area (Å²) in [4.78, 5) is 23.6. The fourth-order valence-electron chi connectivity index (χ4n) is 1.91. The standard InChI is InChI=1S/C9H13NO5/c1-5(11)10(6(2)12)9-8-7(3-13-9)14-4-15-8/h7-9H,3-4H2,1-2H3. The number of rotatable bonds is 1. The van der Waals surface area contributed by atoms with Gasteiger partial charge < -0.3 is 14.2 Å². The summed E-state index contributed by atoms with van der Waals surface area (Å²) in [5, 5.41) is 0. The zero-order chi connectivity index (χ0) is 11.0. The monoisotopic (exact) mass is 215 g/mol. The van der Waals surface area contributed by atoms with Crippen LogP contribution < -0.4 is 0 Å². The molecular formula is C9H13NO5. The lowest BCUT2D eigenvalue weighted by Gasteiger charge is -2.26. The first-order chi connectivity index (χ1) is 7.11. The molecule has 3 unspecified atom stereocenters. The molecule has 0 aliphatic carbocycles. The van der Waals surface area contributed by atoms with Crippen molar-refractivity contribution in [2.24, 2.45) is 0 Å². The highest BCUT2D eigenvalue weighted by atomic mass is 16.7. The van der Waals surface area contributed by atoms with Crippen LogP contribution in [0, 0.1) is 0 Å². The topological polar surface area (TPSA) is 65.1 Å². The number of hydrogen-bond acceptors (Lipinski definition) is 5. The predicted molar refractivity (Wildman–Crippen MR) is 47.6 cm³/mol. The molecule has 3 atom stereocenters. The zero-order valence-corrected chi connectivity index (χ0v) is 8.63. The van der Waals surface area contributed by atoms with Gasteiger partial charge in [-0.25, -0.2) is 0 Å². The summed E-state index contributed by atoms with van der Waals surface area (Å²) in [6.45, 7) is 3.20. The molecule has 6 nitrogen and oxygen atoms in total. The number of nitrogens with zero attached hydrogens (tertiary/aromatic N) is 1. The molecule has 0 radical (unpaired) electrons. The van der Waals surface area contributed by atoms with Crippen LogP contribution in [0.25, 0.3) is 0 Å². The van der Waals surface area contributed by atoms with E-state index >= 15 is 0 Å². The van der Waals surface area contributed by atoms with Crippen molar-refractivity contribution in [2.75, 3.05) is 13.4 Å². The Morgan fingerprint density at radius 3 is 2.40 bits per heavy atom. The number of carbonyl (C=O) groups excluding carboxylic acids is 2. The van der Waals surface area contributed by atoms with E-state index in [-0.39, 0.29) is 30.8 Å². The number of imide groups is 1. The van der Waals surface area contributed by atoms with Crippen LogP contribution in [0.5, 0.6) is 0 Å². The van der Waals surface area contributed by atoms with Crippen LogP contribution in [0.1, 0.15) is 13.8 Å². The number of hydrogen-bond donors (Lipinski definition) is 0. The third-order valence-electron chi connectivity index (χ3n) is 2.55. The Balaban J connectivity index is 2.14. The van der Waals surface area contributed by atoms with Gasteiger partial charge in [-0.05, 0) is 0 Å². The van der Waals surface area contributed by atoms with E-state index in [9.17, 15) is 9.59 Å². The normalized spacial score (nSPS) is 33.9. The average Bonchev–Trinajstić information content (AvgIpc) is 2.67. The minimum Gasteiger partial charge on any atom is -0.352 e. The average molecular weight is 215 g/mol. The van der Waals surface area contributed by atoms with Crippen LogP contribution in [-0.2, 0) is 23.8 Å². The molecule has 84 valence electrons. The highest BCUT2D eigenvalue weighted by Gasteiger charge is 2.47. The molecule has 0 saturated carbocycles. The zero-order valence-electron chi connectivity index (χ0n) is 8.63. The summed E-state index contributed by atoms with van der Waals surface area (Å²) in [5.74, 6) is -0.688. The van der Waals surface area contributed by atoms with Gasteiger partial charge in [-0.1, -0.05) is 0 Å². The van der Waals surface area contributed by atoms with Crippen molar-refractivity contribution in [3.63, 3.8) is 0 Å². The molecule has 15 heavy (non-hydrogen) atoms. The van der Waals surface area contributed by atoms with E-state index in [1.54, 1.807) is 0 Å². The summed E-state index contributed by atoms with van der Waals surface area (Å²) in [5.41, 5.74) is 0. The van der Waals surface area contributed by atoms with Gasteiger partial charge in [-0.3, -0.25) is 14.5 Å². The summed E-state index contributed by atoms with van der Waals surface area (Å²) in [6.07, 6.45) is -1.17. The molecule has 2 heterocycles. The van der Waals surface area contributed by atoms with Crippen molar-refractivity contribution in [1.29, 1.82) is 0 Å². The second-order valence-electron chi connectivity index (χ2n) is 3.59. The van der Waals surface area contributed by atoms with Crippen LogP contribution in [0.3, 0.4) is 0 Å². The van der Waals surface area contributed by atoms with Gasteiger partial charge in [0.05, 0.1) is 6.61 Å². The van der Waals surface area contributed by atoms with Gasteiger partial charge >= 0.3 is 0 Å². The summed E-state index contributed by atoms with van der Waals surface area (Å²) < 4.78 is 15.8. The fraction of sp³-hybridized carbons (Fsp3) is 0.778. The van der Waals surface area contributed by atoms with E-state index in [1.807, 2.05) is 0 Å². The minimum atomic E-state index is -0.646. The van der Waals surface area contributed by atoms with E-state index < -0.39 is 6.23 Å². The third kappa shape index (κ3) is 1.75. The van der Waals surface area contributed by atoms with Gasteiger partial charge in [-0.2, -0.15) is 0 Å². The maximum atomic E-state index is 11.3. The van der Waals surface area contributed by atoms with E-state index in [1.165, 1.54) is 13.8 Å². The molecule has 2 amide bonds. The molecule has 0 spiro atoms. The first-order valence-electron chi connectivity index (χ1n) is 4.76. The SMILES string of the molecule is CC(=O)N(C(C)=O)C1OCC2OCOC21. The quantitative estimate of drug-likeness (QED) is 0.588. The van der Waals surface area contributed by atoms with Crippen molar-refractivity contribution in [3.8, 4) is 0 Å². The van der Waals surface area contributed by atoms with E-state index in [2.05, 4.69) is 0 Å². The molecule has 0 bridgehead atoms. The summed E-state index contributed by atoms with van der Waals surface area (Å²) in [6, 6.07) is 0. The van der Waals surface area contributed by atoms with E-state index in [0.717, 1.165) is 4.90 Å². The molecule has 2 aliphatic rings. The molecule has 2 fully saturated rings. The molecule has 2 aliphatic heterocycles. The molecular weight excluding hydrogens is 202 g/mol.